The molecule has 1 amide bonds. The molecule has 2 aromatic rings. The fraction of sp³-hybridized carbons (Fsp3) is 0.375. The van der Waals surface area contributed by atoms with E-state index in [2.05, 4.69) is 15.3 Å². The van der Waals surface area contributed by atoms with Crippen LogP contribution in [0.3, 0.4) is 0 Å². The first-order valence-corrected chi connectivity index (χ1v) is 7.40. The first-order chi connectivity index (χ1) is 10.8. The van der Waals surface area contributed by atoms with Crippen LogP contribution in [0.1, 0.15) is 17.3 Å². The maximum Gasteiger partial charge on any atom is 0.229 e. The van der Waals surface area contributed by atoms with Crippen LogP contribution in [0, 0.1) is 0 Å². The zero-order valence-corrected chi connectivity index (χ0v) is 12.6. The Bertz CT molecular complexity index is 627. The predicted molar refractivity (Wildman–Crippen MR) is 82.6 cm³/mol. The van der Waals surface area contributed by atoms with Crippen LogP contribution < -0.4 is 10.1 Å². The van der Waals surface area contributed by atoms with E-state index in [1.165, 1.54) is 0 Å². The molecule has 1 fully saturated rings. The summed E-state index contributed by atoms with van der Waals surface area (Å²) in [7, 11) is 1.66. The smallest absolute Gasteiger partial charge is 0.229 e. The maximum atomic E-state index is 12.7. The van der Waals surface area contributed by atoms with E-state index >= 15 is 0 Å². The molecule has 2 heterocycles. The lowest BCUT2D eigenvalue weighted by Gasteiger charge is -2.37. The summed E-state index contributed by atoms with van der Waals surface area (Å²) in [6, 6.07) is 7.86. The highest BCUT2D eigenvalue weighted by atomic mass is 16.5. The van der Waals surface area contributed by atoms with Crippen LogP contribution >= 0.6 is 0 Å². The topological polar surface area (TPSA) is 70.2 Å². The standard InChI is InChI=1S/C16H20N4O2/c1-22-15-5-3-2-4-13(15)14-10-17-6-7-20(14)16(21)8-12-9-18-11-19-12/h2-5,9,11,14,17H,6-8,10H2,1H3,(H,18,19)/t14-/m1/s1. The summed E-state index contributed by atoms with van der Waals surface area (Å²) in [5.74, 6) is 0.914. The van der Waals surface area contributed by atoms with Gasteiger partial charge in [-0.2, -0.15) is 0 Å². The lowest BCUT2D eigenvalue weighted by Crippen LogP contribution is -2.49. The molecule has 6 heteroatoms. The number of hydrogen-bond donors (Lipinski definition) is 2. The first kappa shape index (κ1) is 14.6. The molecule has 2 N–H and O–H groups in total. The van der Waals surface area contributed by atoms with Crippen molar-refractivity contribution in [1.29, 1.82) is 0 Å². The number of imidazole rings is 1. The molecule has 1 aliphatic rings. The van der Waals surface area contributed by atoms with E-state index in [-0.39, 0.29) is 11.9 Å². The number of nitrogens with one attached hydrogen (secondary N) is 2. The minimum Gasteiger partial charge on any atom is -0.496 e. The van der Waals surface area contributed by atoms with E-state index in [1.807, 2.05) is 29.2 Å². The summed E-state index contributed by atoms with van der Waals surface area (Å²) in [6.45, 7) is 2.23. The molecule has 0 saturated carbocycles. The van der Waals surface area contributed by atoms with Crippen molar-refractivity contribution in [2.75, 3.05) is 26.7 Å². The molecule has 1 aromatic heterocycles. The third kappa shape index (κ3) is 2.96. The zero-order valence-electron chi connectivity index (χ0n) is 12.6. The molecule has 0 aliphatic carbocycles. The number of hydrogen-bond acceptors (Lipinski definition) is 4. The Hall–Kier alpha value is -2.34. The van der Waals surface area contributed by atoms with Gasteiger partial charge in [0.25, 0.3) is 0 Å². The summed E-state index contributed by atoms with van der Waals surface area (Å²) in [4.78, 5) is 21.5. The number of aromatic nitrogens is 2. The van der Waals surface area contributed by atoms with Gasteiger partial charge in [0.1, 0.15) is 5.75 Å². The number of methoxy groups -OCH3 is 1. The summed E-state index contributed by atoms with van der Waals surface area (Å²) in [6.07, 6.45) is 3.63. The molecule has 22 heavy (non-hydrogen) atoms. The fourth-order valence-corrected chi connectivity index (χ4v) is 2.87. The number of benzene rings is 1. The van der Waals surface area contributed by atoms with E-state index in [1.54, 1.807) is 19.6 Å². The molecule has 6 nitrogen and oxygen atoms in total. The van der Waals surface area contributed by atoms with Gasteiger partial charge in [0.15, 0.2) is 0 Å². The SMILES string of the molecule is COc1ccccc1[C@H]1CNCCN1C(=O)Cc1cnc[nH]1. The second-order valence-corrected chi connectivity index (χ2v) is 5.30. The number of aromatic amines is 1. The molecule has 1 aliphatic heterocycles. The van der Waals surface area contributed by atoms with Crippen molar-refractivity contribution in [1.82, 2.24) is 20.2 Å². The van der Waals surface area contributed by atoms with Gasteiger partial charge in [-0.25, -0.2) is 4.98 Å². The Kier molecular flexibility index (Phi) is 4.39. The Morgan fingerprint density at radius 3 is 3.09 bits per heavy atom. The Labute approximate surface area is 129 Å². The van der Waals surface area contributed by atoms with Gasteiger partial charge in [0.05, 0.1) is 25.9 Å². The van der Waals surface area contributed by atoms with Crippen molar-refractivity contribution < 1.29 is 9.53 Å². The highest BCUT2D eigenvalue weighted by Crippen LogP contribution is 2.30. The van der Waals surface area contributed by atoms with Crippen molar-refractivity contribution in [2.24, 2.45) is 0 Å². The molecule has 0 unspecified atom stereocenters. The molecule has 1 atom stereocenters. The van der Waals surface area contributed by atoms with Gasteiger partial charge in [-0.1, -0.05) is 18.2 Å². The number of carbonyl (C=O) groups is 1. The number of nitrogens with zero attached hydrogens (tertiary/aromatic N) is 2. The lowest BCUT2D eigenvalue weighted by atomic mass is 10.0. The highest BCUT2D eigenvalue weighted by molar-refractivity contribution is 5.79. The van der Waals surface area contributed by atoms with Crippen molar-refractivity contribution in [2.45, 2.75) is 12.5 Å². The molecule has 0 spiro atoms. The number of amides is 1. The molecule has 0 bridgehead atoms. The van der Waals surface area contributed by atoms with Crippen molar-refractivity contribution >= 4 is 5.91 Å². The number of ether oxygens (including phenoxy) is 1. The van der Waals surface area contributed by atoms with E-state index in [0.29, 0.717) is 13.0 Å². The van der Waals surface area contributed by atoms with Gasteiger partial charge in [0.2, 0.25) is 5.91 Å². The van der Waals surface area contributed by atoms with Crippen LogP contribution in [0.4, 0.5) is 0 Å². The molecular weight excluding hydrogens is 280 g/mol. The number of piperazine rings is 1. The second-order valence-electron chi connectivity index (χ2n) is 5.30. The van der Waals surface area contributed by atoms with Gasteiger partial charge >= 0.3 is 0 Å². The van der Waals surface area contributed by atoms with Crippen LogP contribution in [-0.2, 0) is 11.2 Å². The van der Waals surface area contributed by atoms with Crippen LogP contribution in [0.5, 0.6) is 5.75 Å². The predicted octanol–water partition coefficient (Wildman–Crippen LogP) is 1.13. The first-order valence-electron chi connectivity index (χ1n) is 7.40. The van der Waals surface area contributed by atoms with Crippen LogP contribution in [0.25, 0.3) is 0 Å². The number of H-pyrrole nitrogens is 1. The maximum absolute atomic E-state index is 12.7. The largest absolute Gasteiger partial charge is 0.496 e. The number of rotatable bonds is 4. The molecule has 116 valence electrons. The molecular formula is C16H20N4O2. The summed E-state index contributed by atoms with van der Waals surface area (Å²) < 4.78 is 5.45. The molecule has 1 aromatic carbocycles. The molecule has 1 saturated heterocycles. The van der Waals surface area contributed by atoms with Crippen molar-refractivity contribution in [3.8, 4) is 5.75 Å². The van der Waals surface area contributed by atoms with Gasteiger partial charge in [-0.05, 0) is 6.07 Å². The van der Waals surface area contributed by atoms with Crippen molar-refractivity contribution in [3.05, 3.63) is 48.0 Å². The van der Waals surface area contributed by atoms with Crippen LogP contribution in [0.2, 0.25) is 0 Å². The van der Waals surface area contributed by atoms with E-state index in [0.717, 1.165) is 30.1 Å². The molecule has 0 radical (unpaired) electrons. The quantitative estimate of drug-likeness (QED) is 0.888. The van der Waals surface area contributed by atoms with Crippen molar-refractivity contribution in [3.63, 3.8) is 0 Å². The zero-order chi connectivity index (χ0) is 15.4. The van der Waals surface area contributed by atoms with E-state index < -0.39 is 0 Å². The van der Waals surface area contributed by atoms with Gasteiger partial charge in [-0.15, -0.1) is 0 Å². The average molecular weight is 300 g/mol. The summed E-state index contributed by atoms with van der Waals surface area (Å²) in [5, 5.41) is 3.36. The van der Waals surface area contributed by atoms with Gasteiger partial charge < -0.3 is 19.9 Å². The third-order valence-corrected chi connectivity index (χ3v) is 3.96. The van der Waals surface area contributed by atoms with Crippen LogP contribution in [-0.4, -0.2) is 47.5 Å². The minimum absolute atomic E-state index is 0.0136. The van der Waals surface area contributed by atoms with Gasteiger partial charge in [-0.3, -0.25) is 4.79 Å². The average Bonchev–Trinajstić information content (AvgIpc) is 3.07. The Balaban J connectivity index is 1.83. The highest BCUT2D eigenvalue weighted by Gasteiger charge is 2.29. The van der Waals surface area contributed by atoms with Crippen LogP contribution in [0.15, 0.2) is 36.8 Å². The number of carbonyl (C=O) groups excluding carboxylic acids is 1. The van der Waals surface area contributed by atoms with E-state index in [4.69, 9.17) is 4.74 Å². The molecule has 3 rings (SSSR count). The summed E-state index contributed by atoms with van der Waals surface area (Å²) in [5.41, 5.74) is 1.87. The Morgan fingerprint density at radius 1 is 1.45 bits per heavy atom. The second kappa shape index (κ2) is 6.62. The lowest BCUT2D eigenvalue weighted by molar-refractivity contribution is -0.133. The Morgan fingerprint density at radius 2 is 2.32 bits per heavy atom. The normalized spacial score (nSPS) is 18.2. The summed E-state index contributed by atoms with van der Waals surface area (Å²) >= 11 is 0. The van der Waals surface area contributed by atoms with Gasteiger partial charge in [0, 0.05) is 37.1 Å². The monoisotopic (exact) mass is 300 g/mol. The number of para-hydroxylation sites is 1. The third-order valence-electron chi connectivity index (χ3n) is 3.96. The fourth-order valence-electron chi connectivity index (χ4n) is 2.87. The van der Waals surface area contributed by atoms with E-state index in [9.17, 15) is 4.79 Å². The minimum atomic E-state index is -0.0136.